The lowest BCUT2D eigenvalue weighted by Crippen LogP contribution is -2.14. The van der Waals surface area contributed by atoms with Gasteiger partial charge in [-0.15, -0.1) is 0 Å². The Morgan fingerprint density at radius 3 is 2.62 bits per heavy atom. The van der Waals surface area contributed by atoms with Crippen LogP contribution in [0, 0.1) is 0 Å². The molecule has 8 nitrogen and oxygen atoms in total. The summed E-state index contributed by atoms with van der Waals surface area (Å²) in [6, 6.07) is 13.8. The zero-order valence-electron chi connectivity index (χ0n) is 19.7. The van der Waals surface area contributed by atoms with Crippen molar-refractivity contribution in [2.24, 2.45) is 0 Å². The molecule has 0 saturated heterocycles. The second-order valence-corrected chi connectivity index (χ2v) is 8.26. The largest absolute Gasteiger partial charge is 0.491 e. The monoisotopic (exact) mass is 509 g/mol. The number of aromatic nitrogens is 4. The molecular formula is C26H22F3N5O3. The van der Waals surface area contributed by atoms with E-state index in [2.05, 4.69) is 15.4 Å². The first kappa shape index (κ1) is 24.3. The van der Waals surface area contributed by atoms with Crippen LogP contribution in [-0.2, 0) is 17.5 Å². The molecule has 0 atom stereocenters. The minimum absolute atomic E-state index is 0.279. The van der Waals surface area contributed by atoms with E-state index in [9.17, 15) is 18.0 Å². The highest BCUT2D eigenvalue weighted by atomic mass is 19.4. The molecule has 190 valence electrons. The van der Waals surface area contributed by atoms with Crippen LogP contribution >= 0.6 is 0 Å². The van der Waals surface area contributed by atoms with Crippen molar-refractivity contribution in [2.75, 3.05) is 25.6 Å². The van der Waals surface area contributed by atoms with E-state index in [4.69, 9.17) is 9.47 Å². The summed E-state index contributed by atoms with van der Waals surface area (Å²) in [6.07, 6.45) is 0.429. The number of pyridine rings is 1. The molecule has 1 N–H and O–H groups in total. The normalized spacial score (nSPS) is 11.8. The Morgan fingerprint density at radius 1 is 1.05 bits per heavy atom. The van der Waals surface area contributed by atoms with Crippen molar-refractivity contribution in [3.8, 4) is 5.75 Å². The van der Waals surface area contributed by atoms with E-state index < -0.39 is 11.7 Å². The summed E-state index contributed by atoms with van der Waals surface area (Å²) in [4.78, 5) is 17.4. The Hall–Kier alpha value is -4.38. The van der Waals surface area contributed by atoms with Crippen LogP contribution in [0.4, 0.5) is 18.9 Å². The van der Waals surface area contributed by atoms with Crippen molar-refractivity contribution in [3.63, 3.8) is 0 Å². The Bertz CT molecular complexity index is 1560. The summed E-state index contributed by atoms with van der Waals surface area (Å²) in [7, 11) is 1.59. The van der Waals surface area contributed by atoms with Crippen molar-refractivity contribution >= 4 is 28.1 Å². The molecule has 0 aliphatic rings. The molecule has 2 aromatic carbocycles. The van der Waals surface area contributed by atoms with E-state index in [1.54, 1.807) is 52.9 Å². The highest BCUT2D eigenvalue weighted by molar-refractivity contribution is 6.08. The molecule has 5 aromatic rings. The first-order chi connectivity index (χ1) is 17.8. The SMILES string of the molecule is COCCOc1ccn2c(C(=O)Nc3cccc4c3cnn4Cc3ccc(C(F)(F)F)cc3)cnc2c1. The fourth-order valence-electron chi connectivity index (χ4n) is 3.96. The lowest BCUT2D eigenvalue weighted by atomic mass is 10.1. The maximum atomic E-state index is 13.1. The second kappa shape index (κ2) is 9.94. The van der Waals surface area contributed by atoms with E-state index >= 15 is 0 Å². The quantitative estimate of drug-likeness (QED) is 0.297. The number of rotatable bonds is 8. The number of anilines is 1. The number of hydrogen-bond acceptors (Lipinski definition) is 5. The number of carbonyl (C=O) groups is 1. The van der Waals surface area contributed by atoms with Gasteiger partial charge in [0.1, 0.15) is 23.7 Å². The highest BCUT2D eigenvalue weighted by Gasteiger charge is 2.30. The summed E-state index contributed by atoms with van der Waals surface area (Å²) >= 11 is 0. The summed E-state index contributed by atoms with van der Waals surface area (Å²) < 4.78 is 52.5. The molecule has 0 saturated carbocycles. The van der Waals surface area contributed by atoms with Crippen LogP contribution in [0.3, 0.4) is 0 Å². The summed E-state index contributed by atoms with van der Waals surface area (Å²) in [6.45, 7) is 1.14. The van der Waals surface area contributed by atoms with Gasteiger partial charge in [-0.3, -0.25) is 13.9 Å². The predicted octanol–water partition coefficient (Wildman–Crippen LogP) is 5.03. The average Bonchev–Trinajstić information content (AvgIpc) is 3.49. The number of halogens is 3. The van der Waals surface area contributed by atoms with Crippen molar-refractivity contribution in [1.82, 2.24) is 19.2 Å². The third kappa shape index (κ3) is 5.12. The number of imidazole rings is 1. The zero-order valence-corrected chi connectivity index (χ0v) is 19.7. The van der Waals surface area contributed by atoms with Crippen molar-refractivity contribution in [3.05, 3.63) is 90.0 Å². The van der Waals surface area contributed by atoms with Gasteiger partial charge < -0.3 is 14.8 Å². The number of hydrogen-bond donors (Lipinski definition) is 1. The number of benzene rings is 2. The molecule has 0 fully saturated rings. The fourth-order valence-corrected chi connectivity index (χ4v) is 3.96. The van der Waals surface area contributed by atoms with Gasteiger partial charge in [-0.2, -0.15) is 18.3 Å². The van der Waals surface area contributed by atoms with Crippen LogP contribution in [0.5, 0.6) is 5.75 Å². The van der Waals surface area contributed by atoms with E-state index in [1.165, 1.54) is 18.3 Å². The van der Waals surface area contributed by atoms with E-state index in [-0.39, 0.29) is 12.5 Å². The van der Waals surface area contributed by atoms with E-state index in [0.29, 0.717) is 46.9 Å². The lowest BCUT2D eigenvalue weighted by molar-refractivity contribution is -0.137. The molecule has 5 rings (SSSR count). The number of fused-ring (bicyclic) bond motifs is 2. The molecule has 37 heavy (non-hydrogen) atoms. The van der Waals surface area contributed by atoms with Gasteiger partial charge in [0.25, 0.3) is 5.91 Å². The number of nitrogens with one attached hydrogen (secondary N) is 1. The molecule has 1 amide bonds. The standard InChI is InChI=1S/C26H22F3N5O3/c1-36-11-12-37-19-9-10-33-23(15-30-24(33)13-19)25(35)32-21-3-2-4-22-20(21)14-31-34(22)16-17-5-7-18(8-6-17)26(27,28)29/h2-10,13-15H,11-12,16H2,1H3,(H,32,35). The molecular weight excluding hydrogens is 487 g/mol. The first-order valence-corrected chi connectivity index (χ1v) is 11.3. The van der Waals surface area contributed by atoms with Crippen LogP contribution < -0.4 is 10.1 Å². The minimum atomic E-state index is -4.38. The third-order valence-electron chi connectivity index (χ3n) is 5.82. The van der Waals surface area contributed by atoms with Crippen LogP contribution in [0.2, 0.25) is 0 Å². The molecule has 0 unspecified atom stereocenters. The summed E-state index contributed by atoms with van der Waals surface area (Å²) in [5, 5.41) is 8.00. The number of alkyl halides is 3. The smallest absolute Gasteiger partial charge is 0.416 e. The fraction of sp³-hybridized carbons (Fsp3) is 0.192. The average molecular weight is 509 g/mol. The Labute approximate surface area is 209 Å². The van der Waals surface area contributed by atoms with Gasteiger partial charge in [-0.25, -0.2) is 4.98 Å². The molecule has 11 heteroatoms. The molecule has 0 aliphatic carbocycles. The number of methoxy groups -OCH3 is 1. The third-order valence-corrected chi connectivity index (χ3v) is 5.82. The Kier molecular flexibility index (Phi) is 6.53. The van der Waals surface area contributed by atoms with Gasteiger partial charge in [-0.1, -0.05) is 18.2 Å². The Balaban J connectivity index is 1.34. The van der Waals surface area contributed by atoms with Crippen molar-refractivity contribution in [1.29, 1.82) is 0 Å². The van der Waals surface area contributed by atoms with Crippen LogP contribution in [0.15, 0.2) is 73.2 Å². The second-order valence-electron chi connectivity index (χ2n) is 8.26. The molecule has 0 aliphatic heterocycles. The Morgan fingerprint density at radius 2 is 1.86 bits per heavy atom. The summed E-state index contributed by atoms with van der Waals surface area (Å²) in [5.74, 6) is 0.260. The van der Waals surface area contributed by atoms with Gasteiger partial charge in [0, 0.05) is 24.8 Å². The summed E-state index contributed by atoms with van der Waals surface area (Å²) in [5.41, 5.74) is 2.15. The van der Waals surface area contributed by atoms with Crippen LogP contribution in [-0.4, -0.2) is 45.4 Å². The maximum Gasteiger partial charge on any atom is 0.416 e. The molecule has 3 aromatic heterocycles. The highest BCUT2D eigenvalue weighted by Crippen LogP contribution is 2.30. The van der Waals surface area contributed by atoms with E-state index in [1.807, 2.05) is 6.07 Å². The van der Waals surface area contributed by atoms with Gasteiger partial charge >= 0.3 is 6.18 Å². The van der Waals surface area contributed by atoms with Crippen molar-refractivity contribution in [2.45, 2.75) is 12.7 Å². The van der Waals surface area contributed by atoms with Gasteiger partial charge in [-0.05, 0) is 35.9 Å². The first-order valence-electron chi connectivity index (χ1n) is 11.3. The minimum Gasteiger partial charge on any atom is -0.491 e. The molecule has 0 bridgehead atoms. The topological polar surface area (TPSA) is 82.7 Å². The molecule has 0 spiro atoms. The van der Waals surface area contributed by atoms with Gasteiger partial charge in [0.05, 0.1) is 42.3 Å². The number of nitrogens with zero attached hydrogens (tertiary/aromatic N) is 4. The predicted molar refractivity (Wildman–Crippen MR) is 131 cm³/mol. The van der Waals surface area contributed by atoms with Crippen LogP contribution in [0.25, 0.3) is 16.6 Å². The zero-order chi connectivity index (χ0) is 26.0. The number of carbonyl (C=O) groups excluding carboxylic acids is 1. The maximum absolute atomic E-state index is 13.1. The van der Waals surface area contributed by atoms with Crippen molar-refractivity contribution < 1.29 is 27.4 Å². The number of amides is 1. The molecule has 3 heterocycles. The van der Waals surface area contributed by atoms with E-state index in [0.717, 1.165) is 17.6 Å². The lowest BCUT2D eigenvalue weighted by Gasteiger charge is -2.09. The van der Waals surface area contributed by atoms with Crippen LogP contribution in [0.1, 0.15) is 21.6 Å². The van der Waals surface area contributed by atoms with Gasteiger partial charge in [0.2, 0.25) is 0 Å². The number of ether oxygens (including phenoxy) is 2. The van der Waals surface area contributed by atoms with Gasteiger partial charge in [0.15, 0.2) is 0 Å². The molecule has 0 radical (unpaired) electrons.